The molecule has 2 atom stereocenters. The molecule has 7 heteroatoms. The summed E-state index contributed by atoms with van der Waals surface area (Å²) < 4.78 is 11.9. The lowest BCUT2D eigenvalue weighted by molar-refractivity contribution is -0.885. The van der Waals surface area contributed by atoms with Gasteiger partial charge in [0.2, 0.25) is 6.79 Å². The zero-order chi connectivity index (χ0) is 19.7. The highest BCUT2D eigenvalue weighted by molar-refractivity contribution is 7.18. The topological polar surface area (TPSA) is 56.1 Å². The molecule has 1 aliphatic heterocycles. The minimum absolute atomic E-state index is 0.0526. The molecule has 146 valence electrons. The average molecular weight is 399 g/mol. The first kappa shape index (κ1) is 18.7. The van der Waals surface area contributed by atoms with Gasteiger partial charge in [-0.05, 0) is 37.3 Å². The van der Waals surface area contributed by atoms with Crippen molar-refractivity contribution in [2.45, 2.75) is 19.5 Å². The highest BCUT2D eigenvalue weighted by atomic mass is 32.1. The molecule has 1 unspecified atom stereocenters. The number of hydrogen-bond acceptors (Lipinski definition) is 5. The van der Waals surface area contributed by atoms with Gasteiger partial charge in [-0.25, -0.2) is 4.98 Å². The SMILES string of the molecule is C[C@@H](c1nc2ccccc2s1)N(C)C(=O)C[NH+](C)Cc1ccc2c(c1)OCO2. The number of nitrogens with zero attached hydrogens (tertiary/aromatic N) is 2. The highest BCUT2D eigenvalue weighted by Gasteiger charge is 2.23. The predicted molar refractivity (Wildman–Crippen MR) is 109 cm³/mol. The van der Waals surface area contributed by atoms with Crippen LogP contribution in [0.15, 0.2) is 42.5 Å². The Morgan fingerprint density at radius 2 is 2.04 bits per heavy atom. The van der Waals surface area contributed by atoms with E-state index >= 15 is 0 Å². The third-order valence-electron chi connectivity index (χ3n) is 5.04. The molecule has 1 amide bonds. The van der Waals surface area contributed by atoms with E-state index in [9.17, 15) is 4.79 Å². The summed E-state index contributed by atoms with van der Waals surface area (Å²) in [7, 11) is 3.88. The molecule has 4 rings (SSSR count). The summed E-state index contributed by atoms with van der Waals surface area (Å²) in [6.45, 7) is 3.46. The van der Waals surface area contributed by atoms with Gasteiger partial charge >= 0.3 is 0 Å². The molecule has 0 saturated heterocycles. The van der Waals surface area contributed by atoms with Crippen LogP contribution in [0.1, 0.15) is 23.5 Å². The van der Waals surface area contributed by atoms with Crippen LogP contribution >= 0.6 is 11.3 Å². The van der Waals surface area contributed by atoms with Gasteiger partial charge in [0, 0.05) is 12.6 Å². The number of likely N-dealkylation sites (N-methyl/N-ethyl adjacent to an activating group) is 2. The number of fused-ring (bicyclic) bond motifs is 2. The van der Waals surface area contributed by atoms with E-state index in [2.05, 4.69) is 11.1 Å². The van der Waals surface area contributed by atoms with Gasteiger partial charge in [0.25, 0.3) is 5.91 Å². The number of rotatable bonds is 6. The molecule has 0 bridgehead atoms. The number of thiazole rings is 1. The summed E-state index contributed by atoms with van der Waals surface area (Å²) in [5, 5.41) is 0.963. The predicted octanol–water partition coefficient (Wildman–Crippen LogP) is 2.26. The van der Waals surface area contributed by atoms with Crippen molar-refractivity contribution in [3.8, 4) is 11.5 Å². The Bertz CT molecular complexity index is 970. The van der Waals surface area contributed by atoms with E-state index < -0.39 is 0 Å². The molecule has 0 aliphatic carbocycles. The van der Waals surface area contributed by atoms with E-state index in [-0.39, 0.29) is 18.7 Å². The summed E-state index contributed by atoms with van der Waals surface area (Å²) in [4.78, 5) is 20.4. The minimum Gasteiger partial charge on any atom is -0.454 e. The molecule has 0 radical (unpaired) electrons. The van der Waals surface area contributed by atoms with E-state index in [1.807, 2.05) is 57.4 Å². The monoisotopic (exact) mass is 398 g/mol. The van der Waals surface area contributed by atoms with E-state index in [1.165, 1.54) is 0 Å². The van der Waals surface area contributed by atoms with Gasteiger partial charge in [0.05, 0.1) is 23.3 Å². The fourth-order valence-electron chi connectivity index (χ4n) is 3.30. The van der Waals surface area contributed by atoms with Crippen molar-refractivity contribution < 1.29 is 19.2 Å². The van der Waals surface area contributed by atoms with Gasteiger partial charge in [-0.15, -0.1) is 11.3 Å². The van der Waals surface area contributed by atoms with E-state index in [0.717, 1.165) is 43.7 Å². The molecule has 6 nitrogen and oxygen atoms in total. The smallest absolute Gasteiger partial charge is 0.278 e. The number of para-hydroxylation sites is 1. The lowest BCUT2D eigenvalue weighted by Gasteiger charge is -2.24. The number of aromatic nitrogens is 1. The van der Waals surface area contributed by atoms with Crippen LogP contribution in [-0.4, -0.2) is 43.2 Å². The molecular weight excluding hydrogens is 374 g/mol. The number of hydrogen-bond donors (Lipinski definition) is 1. The lowest BCUT2D eigenvalue weighted by atomic mass is 10.2. The quantitative estimate of drug-likeness (QED) is 0.692. The van der Waals surface area contributed by atoms with Crippen molar-refractivity contribution in [1.29, 1.82) is 0 Å². The van der Waals surface area contributed by atoms with Crippen LogP contribution in [-0.2, 0) is 11.3 Å². The number of amides is 1. The molecule has 1 aromatic heterocycles. The second-order valence-electron chi connectivity index (χ2n) is 7.20. The first-order valence-electron chi connectivity index (χ1n) is 9.32. The fraction of sp³-hybridized carbons (Fsp3) is 0.333. The second-order valence-corrected chi connectivity index (χ2v) is 8.26. The number of ether oxygens (including phenoxy) is 2. The molecule has 0 saturated carbocycles. The summed E-state index contributed by atoms with van der Waals surface area (Å²) in [5.41, 5.74) is 2.11. The van der Waals surface area contributed by atoms with Crippen LogP contribution in [0.25, 0.3) is 10.2 Å². The maximum atomic E-state index is 12.8. The average Bonchev–Trinajstić information content (AvgIpc) is 3.32. The zero-order valence-electron chi connectivity index (χ0n) is 16.3. The van der Waals surface area contributed by atoms with E-state index in [4.69, 9.17) is 9.47 Å². The van der Waals surface area contributed by atoms with Crippen molar-refractivity contribution in [2.24, 2.45) is 0 Å². The third-order valence-corrected chi connectivity index (χ3v) is 6.24. The first-order valence-corrected chi connectivity index (χ1v) is 10.1. The molecule has 2 aromatic carbocycles. The van der Waals surface area contributed by atoms with Gasteiger partial charge in [0.15, 0.2) is 18.0 Å². The Morgan fingerprint density at radius 3 is 2.86 bits per heavy atom. The summed E-state index contributed by atoms with van der Waals surface area (Å²) in [6, 6.07) is 14.0. The molecule has 2 heterocycles. The largest absolute Gasteiger partial charge is 0.454 e. The number of carbonyl (C=O) groups is 1. The Labute approximate surface area is 168 Å². The van der Waals surface area contributed by atoms with Gasteiger partial charge in [-0.1, -0.05) is 12.1 Å². The molecule has 1 aliphatic rings. The van der Waals surface area contributed by atoms with Crippen LogP contribution in [0.4, 0.5) is 0 Å². The van der Waals surface area contributed by atoms with Crippen molar-refractivity contribution in [2.75, 3.05) is 27.4 Å². The van der Waals surface area contributed by atoms with Gasteiger partial charge in [-0.3, -0.25) is 4.79 Å². The van der Waals surface area contributed by atoms with Crippen LogP contribution in [0.2, 0.25) is 0 Å². The standard InChI is InChI=1S/C21H23N3O3S/c1-14(21-22-16-6-4-5-7-19(16)28-21)24(3)20(25)12-23(2)11-15-8-9-17-18(10-15)27-13-26-17/h4-10,14H,11-13H2,1-3H3/p+1/t14-/m0/s1. The van der Waals surface area contributed by atoms with Gasteiger partial charge in [-0.2, -0.15) is 0 Å². The van der Waals surface area contributed by atoms with E-state index in [0.29, 0.717) is 6.54 Å². The molecule has 0 fully saturated rings. The second kappa shape index (κ2) is 7.77. The molecular formula is C21H24N3O3S+. The number of carbonyl (C=O) groups excluding carboxylic acids is 1. The summed E-state index contributed by atoms with van der Waals surface area (Å²) >= 11 is 1.65. The van der Waals surface area contributed by atoms with Crippen LogP contribution in [0.5, 0.6) is 11.5 Å². The third kappa shape index (κ3) is 3.81. The highest BCUT2D eigenvalue weighted by Crippen LogP contribution is 2.32. The van der Waals surface area contributed by atoms with Crippen LogP contribution < -0.4 is 14.4 Å². The minimum atomic E-state index is -0.0526. The maximum Gasteiger partial charge on any atom is 0.278 e. The molecule has 0 spiro atoms. The lowest BCUT2D eigenvalue weighted by Crippen LogP contribution is -3.08. The van der Waals surface area contributed by atoms with Crippen molar-refractivity contribution in [3.63, 3.8) is 0 Å². The fourth-order valence-corrected chi connectivity index (χ4v) is 4.36. The number of nitrogens with one attached hydrogen (secondary N) is 1. The molecule has 1 N–H and O–H groups in total. The van der Waals surface area contributed by atoms with E-state index in [1.54, 1.807) is 16.2 Å². The van der Waals surface area contributed by atoms with Crippen LogP contribution in [0, 0.1) is 0 Å². The molecule has 28 heavy (non-hydrogen) atoms. The Hall–Kier alpha value is -2.64. The van der Waals surface area contributed by atoms with Crippen molar-refractivity contribution in [1.82, 2.24) is 9.88 Å². The first-order chi connectivity index (χ1) is 13.5. The van der Waals surface area contributed by atoms with Crippen molar-refractivity contribution >= 4 is 27.5 Å². The Morgan fingerprint density at radius 1 is 1.25 bits per heavy atom. The van der Waals surface area contributed by atoms with Gasteiger partial charge < -0.3 is 19.3 Å². The van der Waals surface area contributed by atoms with Crippen LogP contribution in [0.3, 0.4) is 0 Å². The Kier molecular flexibility index (Phi) is 5.19. The molecule has 3 aromatic rings. The Balaban J connectivity index is 1.37. The summed E-state index contributed by atoms with van der Waals surface area (Å²) in [5.74, 6) is 1.66. The normalized spacial score (nSPS) is 14.8. The van der Waals surface area contributed by atoms with Gasteiger partial charge in [0.1, 0.15) is 11.6 Å². The van der Waals surface area contributed by atoms with Crippen molar-refractivity contribution in [3.05, 3.63) is 53.0 Å². The summed E-state index contributed by atoms with van der Waals surface area (Å²) in [6.07, 6.45) is 0. The zero-order valence-corrected chi connectivity index (χ0v) is 17.1. The number of quaternary nitrogens is 1. The number of benzene rings is 2. The maximum absolute atomic E-state index is 12.8.